The molecule has 1 amide bonds. The Hall–Kier alpha value is -2.54. The molecule has 0 fully saturated rings. The van der Waals surface area contributed by atoms with Gasteiger partial charge in [-0.15, -0.1) is 11.3 Å². The Morgan fingerprint density at radius 3 is 2.78 bits per heavy atom. The van der Waals surface area contributed by atoms with Gasteiger partial charge in [-0.1, -0.05) is 0 Å². The van der Waals surface area contributed by atoms with Gasteiger partial charge in [-0.2, -0.15) is 0 Å². The van der Waals surface area contributed by atoms with Gasteiger partial charge in [-0.3, -0.25) is 4.79 Å². The second kappa shape index (κ2) is 6.70. The van der Waals surface area contributed by atoms with Crippen molar-refractivity contribution in [2.75, 3.05) is 6.54 Å². The van der Waals surface area contributed by atoms with E-state index in [2.05, 4.69) is 20.3 Å². The minimum absolute atomic E-state index is 0.124. The molecule has 0 saturated carbocycles. The molecule has 23 heavy (non-hydrogen) atoms. The molecule has 0 aromatic carbocycles. The minimum atomic E-state index is -0.124. The molecule has 7 heteroatoms. The van der Waals surface area contributed by atoms with Crippen molar-refractivity contribution in [3.05, 3.63) is 52.7 Å². The molecule has 3 rings (SSSR count). The SMILES string of the molecule is Cc1cc(C(=O)NCCc2csc(-c3ncccn3)n2)c(C)o1. The molecule has 0 atom stereocenters. The van der Waals surface area contributed by atoms with Gasteiger partial charge in [-0.25, -0.2) is 15.0 Å². The van der Waals surface area contributed by atoms with Crippen LogP contribution in [0.2, 0.25) is 0 Å². The Labute approximate surface area is 137 Å². The maximum Gasteiger partial charge on any atom is 0.254 e. The molecule has 1 N–H and O–H groups in total. The number of amides is 1. The molecule has 3 aromatic rings. The summed E-state index contributed by atoms with van der Waals surface area (Å²) in [6, 6.07) is 3.52. The molecule has 0 unspecified atom stereocenters. The van der Waals surface area contributed by atoms with Crippen LogP contribution in [0.3, 0.4) is 0 Å². The Balaban J connectivity index is 1.56. The fourth-order valence-electron chi connectivity index (χ4n) is 2.19. The Bertz CT molecular complexity index is 811. The van der Waals surface area contributed by atoms with Crippen LogP contribution in [0.1, 0.15) is 27.6 Å². The molecule has 6 nitrogen and oxygen atoms in total. The molecule has 3 heterocycles. The van der Waals surface area contributed by atoms with Crippen molar-refractivity contribution in [3.8, 4) is 10.8 Å². The summed E-state index contributed by atoms with van der Waals surface area (Å²) in [6.07, 6.45) is 4.04. The first kappa shape index (κ1) is 15.4. The summed E-state index contributed by atoms with van der Waals surface area (Å²) in [5, 5.41) is 5.63. The maximum absolute atomic E-state index is 12.1. The molecule has 0 aliphatic carbocycles. The number of nitrogens with one attached hydrogen (secondary N) is 1. The summed E-state index contributed by atoms with van der Waals surface area (Å²) in [7, 11) is 0. The first-order valence-corrected chi connectivity index (χ1v) is 8.08. The molecule has 0 aliphatic heterocycles. The van der Waals surface area contributed by atoms with Crippen LogP contribution in [0.25, 0.3) is 10.8 Å². The van der Waals surface area contributed by atoms with E-state index >= 15 is 0 Å². The number of furan rings is 1. The van der Waals surface area contributed by atoms with Crippen molar-refractivity contribution in [2.45, 2.75) is 20.3 Å². The van der Waals surface area contributed by atoms with E-state index in [1.807, 2.05) is 12.3 Å². The van der Waals surface area contributed by atoms with Crippen molar-refractivity contribution < 1.29 is 9.21 Å². The van der Waals surface area contributed by atoms with Gasteiger partial charge < -0.3 is 9.73 Å². The summed E-state index contributed by atoms with van der Waals surface area (Å²) in [4.78, 5) is 24.9. The van der Waals surface area contributed by atoms with Crippen LogP contribution < -0.4 is 5.32 Å². The molecular weight excluding hydrogens is 312 g/mol. The molecule has 0 saturated heterocycles. The number of aromatic nitrogens is 3. The summed E-state index contributed by atoms with van der Waals surface area (Å²) in [5.41, 5.74) is 1.50. The van der Waals surface area contributed by atoms with Crippen molar-refractivity contribution in [1.29, 1.82) is 0 Å². The topological polar surface area (TPSA) is 80.9 Å². The molecule has 118 valence electrons. The lowest BCUT2D eigenvalue weighted by Gasteiger charge is -2.02. The highest BCUT2D eigenvalue weighted by Gasteiger charge is 2.13. The van der Waals surface area contributed by atoms with Crippen LogP contribution in [0.4, 0.5) is 0 Å². The number of carbonyl (C=O) groups is 1. The van der Waals surface area contributed by atoms with E-state index < -0.39 is 0 Å². The highest BCUT2D eigenvalue weighted by Crippen LogP contribution is 2.19. The number of nitrogens with zero attached hydrogens (tertiary/aromatic N) is 3. The first-order chi connectivity index (χ1) is 11.1. The summed E-state index contributed by atoms with van der Waals surface area (Å²) >= 11 is 1.50. The van der Waals surface area contributed by atoms with Crippen LogP contribution in [0, 0.1) is 13.8 Å². The first-order valence-electron chi connectivity index (χ1n) is 7.20. The summed E-state index contributed by atoms with van der Waals surface area (Å²) < 4.78 is 5.37. The molecule has 0 aliphatic rings. The van der Waals surface area contributed by atoms with Gasteiger partial charge in [0.1, 0.15) is 11.5 Å². The molecular formula is C16H16N4O2S. The zero-order valence-electron chi connectivity index (χ0n) is 12.9. The predicted molar refractivity (Wildman–Crippen MR) is 87.4 cm³/mol. The van der Waals surface area contributed by atoms with Crippen molar-refractivity contribution in [3.63, 3.8) is 0 Å². The second-order valence-electron chi connectivity index (χ2n) is 5.05. The Morgan fingerprint density at radius 2 is 2.09 bits per heavy atom. The average molecular weight is 328 g/mol. The van der Waals surface area contributed by atoms with E-state index in [1.54, 1.807) is 31.5 Å². The van der Waals surface area contributed by atoms with Crippen LogP contribution in [0.15, 0.2) is 34.3 Å². The maximum atomic E-state index is 12.1. The number of hydrogen-bond acceptors (Lipinski definition) is 6. The summed E-state index contributed by atoms with van der Waals surface area (Å²) in [6.45, 7) is 4.13. The number of rotatable bonds is 5. The van der Waals surface area contributed by atoms with Crippen LogP contribution in [0.5, 0.6) is 0 Å². The van der Waals surface area contributed by atoms with E-state index in [0.29, 0.717) is 30.1 Å². The second-order valence-corrected chi connectivity index (χ2v) is 5.91. The van der Waals surface area contributed by atoms with Gasteiger partial charge in [0, 0.05) is 30.7 Å². The Kier molecular flexibility index (Phi) is 4.47. The molecule has 0 spiro atoms. The normalized spacial score (nSPS) is 10.7. The summed E-state index contributed by atoms with van der Waals surface area (Å²) in [5.74, 6) is 1.87. The van der Waals surface area contributed by atoms with Gasteiger partial charge in [0.25, 0.3) is 5.91 Å². The van der Waals surface area contributed by atoms with Gasteiger partial charge in [-0.05, 0) is 26.0 Å². The zero-order chi connectivity index (χ0) is 16.2. The smallest absolute Gasteiger partial charge is 0.254 e. The van der Waals surface area contributed by atoms with Gasteiger partial charge in [0.05, 0.1) is 11.3 Å². The van der Waals surface area contributed by atoms with Gasteiger partial charge >= 0.3 is 0 Å². The molecule has 3 aromatic heterocycles. The minimum Gasteiger partial charge on any atom is -0.466 e. The van der Waals surface area contributed by atoms with Crippen molar-refractivity contribution >= 4 is 17.2 Å². The predicted octanol–water partition coefficient (Wildman–Crippen LogP) is 2.78. The largest absolute Gasteiger partial charge is 0.466 e. The highest BCUT2D eigenvalue weighted by molar-refractivity contribution is 7.13. The standard InChI is InChI=1S/C16H16N4O2S/c1-10-8-13(11(2)22-10)15(21)19-7-4-12-9-23-16(20-12)14-17-5-3-6-18-14/h3,5-6,8-9H,4,7H2,1-2H3,(H,19,21). The van der Waals surface area contributed by atoms with E-state index in [9.17, 15) is 4.79 Å². The van der Waals surface area contributed by atoms with Gasteiger partial charge in [0.15, 0.2) is 10.8 Å². The lowest BCUT2D eigenvalue weighted by molar-refractivity contribution is 0.0952. The van der Waals surface area contributed by atoms with Crippen LogP contribution >= 0.6 is 11.3 Å². The third kappa shape index (κ3) is 3.62. The number of aryl methyl sites for hydroxylation is 2. The number of hydrogen-bond donors (Lipinski definition) is 1. The van der Waals surface area contributed by atoms with Crippen molar-refractivity contribution in [1.82, 2.24) is 20.3 Å². The molecule has 0 radical (unpaired) electrons. The van der Waals surface area contributed by atoms with E-state index in [-0.39, 0.29) is 5.91 Å². The molecule has 0 bridgehead atoms. The monoisotopic (exact) mass is 328 g/mol. The lowest BCUT2D eigenvalue weighted by atomic mass is 10.2. The fourth-order valence-corrected chi connectivity index (χ4v) is 2.99. The highest BCUT2D eigenvalue weighted by atomic mass is 32.1. The van der Waals surface area contributed by atoms with Crippen molar-refractivity contribution in [2.24, 2.45) is 0 Å². The third-order valence-corrected chi connectivity index (χ3v) is 4.15. The number of thiazole rings is 1. The average Bonchev–Trinajstić information content (AvgIpc) is 3.14. The van der Waals surface area contributed by atoms with E-state index in [1.165, 1.54) is 11.3 Å². The van der Waals surface area contributed by atoms with Crippen LogP contribution in [-0.4, -0.2) is 27.4 Å². The zero-order valence-corrected chi connectivity index (χ0v) is 13.7. The van der Waals surface area contributed by atoms with E-state index in [0.717, 1.165) is 16.5 Å². The number of carbonyl (C=O) groups excluding carboxylic acids is 1. The fraction of sp³-hybridized carbons (Fsp3) is 0.250. The third-order valence-electron chi connectivity index (χ3n) is 3.26. The quantitative estimate of drug-likeness (QED) is 0.779. The van der Waals surface area contributed by atoms with Crippen LogP contribution in [-0.2, 0) is 6.42 Å². The van der Waals surface area contributed by atoms with Gasteiger partial charge in [0.2, 0.25) is 0 Å². The lowest BCUT2D eigenvalue weighted by Crippen LogP contribution is -2.25. The Morgan fingerprint density at radius 1 is 1.30 bits per heavy atom. The van der Waals surface area contributed by atoms with E-state index in [4.69, 9.17) is 4.42 Å².